The molecule has 3 aromatic rings. The molecular formula is C29H29N3O6S. The van der Waals surface area contributed by atoms with E-state index in [1.54, 1.807) is 25.6 Å². The minimum absolute atomic E-state index is 0.00284. The van der Waals surface area contributed by atoms with Crippen LogP contribution in [0.3, 0.4) is 0 Å². The number of H-pyrrole nitrogens is 1. The Morgan fingerprint density at radius 2 is 1.92 bits per heavy atom. The van der Waals surface area contributed by atoms with Gasteiger partial charge in [0.05, 0.1) is 28.2 Å². The molecule has 5 rings (SSSR count). The number of hydrogen-bond acceptors (Lipinski definition) is 9. The second kappa shape index (κ2) is 9.60. The van der Waals surface area contributed by atoms with Crippen LogP contribution in [0.15, 0.2) is 47.4 Å². The van der Waals surface area contributed by atoms with Gasteiger partial charge in [-0.15, -0.1) is 0 Å². The number of aromatic amines is 1. The van der Waals surface area contributed by atoms with Crippen molar-refractivity contribution in [3.05, 3.63) is 69.9 Å². The lowest BCUT2D eigenvalue weighted by molar-refractivity contribution is -0.123. The van der Waals surface area contributed by atoms with Crippen LogP contribution in [0.25, 0.3) is 11.0 Å². The number of allylic oxidation sites excluding steroid dienone is 4. The molecule has 4 N–H and O–H groups in total. The number of hydrogen-bond donors (Lipinski definition) is 4. The van der Waals surface area contributed by atoms with Crippen LogP contribution in [-0.4, -0.2) is 49.5 Å². The molecule has 10 heteroatoms. The fourth-order valence-electron chi connectivity index (χ4n) is 5.35. The quantitative estimate of drug-likeness (QED) is 0.191. The highest BCUT2D eigenvalue weighted by atomic mass is 32.2. The molecule has 39 heavy (non-hydrogen) atoms. The molecule has 1 aliphatic heterocycles. The smallest absolute Gasteiger partial charge is 0.194 e. The highest BCUT2D eigenvalue weighted by Crippen LogP contribution is 2.57. The van der Waals surface area contributed by atoms with E-state index >= 15 is 0 Å². The van der Waals surface area contributed by atoms with Crippen LogP contribution in [-0.2, 0) is 15.0 Å². The summed E-state index contributed by atoms with van der Waals surface area (Å²) in [6, 6.07) is 7.36. The molecule has 0 saturated carbocycles. The van der Waals surface area contributed by atoms with Gasteiger partial charge in [0.25, 0.3) is 0 Å². The molecule has 0 radical (unpaired) electrons. The predicted octanol–water partition coefficient (Wildman–Crippen LogP) is 4.53. The number of benzene rings is 2. The minimum Gasteiger partial charge on any atom is -0.507 e. The summed E-state index contributed by atoms with van der Waals surface area (Å²) >= 11 is 1.67. The average molecular weight is 548 g/mol. The van der Waals surface area contributed by atoms with Crippen LogP contribution in [0.5, 0.6) is 17.2 Å². The van der Waals surface area contributed by atoms with E-state index in [2.05, 4.69) is 10.3 Å². The van der Waals surface area contributed by atoms with Crippen molar-refractivity contribution >= 4 is 40.1 Å². The number of carbonyl (C=O) groups is 3. The third-order valence-corrected chi connectivity index (χ3v) is 8.14. The standard InChI is InChI=1S/C29H29N3O6S/c1-13-24(35)22(15(3)33)26-23(25(13)36)29(4)20(38-26)12-19(34)21(27(29)37)14(2)30-18(10-11-39-5)28-31-16-8-6-7-9-17(16)32-28/h6-9,12,18,30,35-36H,10-11H2,1-5H3,(H,31,32). The number of aromatic hydroxyl groups is 2. The maximum absolute atomic E-state index is 14.1. The zero-order valence-corrected chi connectivity index (χ0v) is 23.1. The van der Waals surface area contributed by atoms with Crippen molar-refractivity contribution in [2.75, 3.05) is 12.0 Å². The highest BCUT2D eigenvalue weighted by molar-refractivity contribution is 7.98. The van der Waals surface area contributed by atoms with Gasteiger partial charge in [0.1, 0.15) is 39.8 Å². The van der Waals surface area contributed by atoms with Crippen molar-refractivity contribution in [3.8, 4) is 17.2 Å². The number of Topliss-reactive ketones (excluding diaryl/α,β-unsaturated/α-hetero) is 2. The van der Waals surface area contributed by atoms with Gasteiger partial charge in [0.15, 0.2) is 17.3 Å². The van der Waals surface area contributed by atoms with Gasteiger partial charge in [0.2, 0.25) is 0 Å². The number of rotatable bonds is 7. The van der Waals surface area contributed by atoms with Crippen molar-refractivity contribution < 1.29 is 29.3 Å². The SMILES string of the molecule is CSCCC(NC(C)=C1C(=O)C=C2Oc3c(C(C)=O)c(O)c(C)c(O)c3C2(C)C1=O)c1nc2ccccc2[nH]1. The first-order chi connectivity index (χ1) is 18.5. The molecule has 2 atom stereocenters. The lowest BCUT2D eigenvalue weighted by Gasteiger charge is -2.29. The van der Waals surface area contributed by atoms with Crippen molar-refractivity contribution in [1.29, 1.82) is 0 Å². The number of nitrogens with zero attached hydrogens (tertiary/aromatic N) is 1. The molecule has 0 saturated heterocycles. The number of ketones is 3. The molecule has 1 aromatic heterocycles. The van der Waals surface area contributed by atoms with Gasteiger partial charge in [-0.3, -0.25) is 14.4 Å². The van der Waals surface area contributed by atoms with Gasteiger partial charge in [-0.1, -0.05) is 12.1 Å². The lowest BCUT2D eigenvalue weighted by Crippen LogP contribution is -2.41. The Morgan fingerprint density at radius 1 is 1.21 bits per heavy atom. The van der Waals surface area contributed by atoms with Crippen LogP contribution in [0.2, 0.25) is 0 Å². The number of para-hydroxylation sites is 2. The van der Waals surface area contributed by atoms with Crippen molar-refractivity contribution in [3.63, 3.8) is 0 Å². The summed E-state index contributed by atoms with van der Waals surface area (Å²) in [7, 11) is 0. The van der Waals surface area contributed by atoms with Gasteiger partial charge in [-0.05, 0) is 58.3 Å². The zero-order chi connectivity index (χ0) is 28.2. The van der Waals surface area contributed by atoms with E-state index in [1.807, 2.05) is 30.5 Å². The van der Waals surface area contributed by atoms with Gasteiger partial charge in [-0.2, -0.15) is 11.8 Å². The molecule has 0 amide bonds. The lowest BCUT2D eigenvalue weighted by atomic mass is 9.70. The summed E-state index contributed by atoms with van der Waals surface area (Å²) in [5, 5.41) is 24.9. The van der Waals surface area contributed by atoms with Gasteiger partial charge >= 0.3 is 0 Å². The Morgan fingerprint density at radius 3 is 2.59 bits per heavy atom. The summed E-state index contributed by atoms with van der Waals surface area (Å²) in [4.78, 5) is 47.9. The molecule has 9 nitrogen and oxygen atoms in total. The summed E-state index contributed by atoms with van der Waals surface area (Å²) in [5.74, 6) is -1.000. The largest absolute Gasteiger partial charge is 0.507 e. The zero-order valence-electron chi connectivity index (χ0n) is 22.3. The van der Waals surface area contributed by atoms with E-state index in [0.29, 0.717) is 17.9 Å². The fourth-order valence-corrected chi connectivity index (χ4v) is 5.82. The van der Waals surface area contributed by atoms with Crippen molar-refractivity contribution in [2.24, 2.45) is 0 Å². The maximum atomic E-state index is 14.1. The first-order valence-electron chi connectivity index (χ1n) is 12.5. The maximum Gasteiger partial charge on any atom is 0.194 e. The third kappa shape index (κ3) is 4.01. The van der Waals surface area contributed by atoms with Crippen molar-refractivity contribution in [1.82, 2.24) is 15.3 Å². The molecule has 1 aliphatic carbocycles. The number of aromatic nitrogens is 2. The van der Waals surface area contributed by atoms with Gasteiger partial charge in [0, 0.05) is 17.3 Å². The van der Waals surface area contributed by atoms with E-state index < -0.39 is 28.5 Å². The number of imidazole rings is 1. The number of fused-ring (bicyclic) bond motifs is 4. The minimum atomic E-state index is -1.57. The summed E-state index contributed by atoms with van der Waals surface area (Å²) in [5.41, 5.74) is 0.399. The number of ether oxygens (including phenoxy) is 1. The van der Waals surface area contributed by atoms with E-state index in [4.69, 9.17) is 9.72 Å². The van der Waals surface area contributed by atoms with Crippen LogP contribution < -0.4 is 10.1 Å². The van der Waals surface area contributed by atoms with E-state index in [1.165, 1.54) is 19.9 Å². The summed E-state index contributed by atoms with van der Waals surface area (Å²) in [6.07, 6.45) is 3.90. The van der Waals surface area contributed by atoms with E-state index in [-0.39, 0.29) is 45.6 Å². The Hall–Kier alpha value is -4.05. The number of carbonyl (C=O) groups excluding carboxylic acids is 3. The molecule has 2 heterocycles. The first kappa shape index (κ1) is 26.6. The molecule has 0 bridgehead atoms. The summed E-state index contributed by atoms with van der Waals surface area (Å²) in [6.45, 7) is 5.93. The van der Waals surface area contributed by atoms with Crippen molar-refractivity contribution in [2.45, 2.75) is 45.6 Å². The topological polar surface area (TPSA) is 142 Å². The predicted molar refractivity (Wildman–Crippen MR) is 148 cm³/mol. The molecule has 202 valence electrons. The van der Waals surface area contributed by atoms with Gasteiger partial charge in [-0.25, -0.2) is 4.98 Å². The van der Waals surface area contributed by atoms with E-state index in [0.717, 1.165) is 16.8 Å². The molecule has 2 unspecified atom stereocenters. The van der Waals surface area contributed by atoms with Gasteiger partial charge < -0.3 is 25.3 Å². The van der Waals surface area contributed by atoms with Crippen LogP contribution in [0.1, 0.15) is 60.5 Å². The number of thioether (sulfide) groups is 1. The third-order valence-electron chi connectivity index (χ3n) is 7.50. The molecule has 0 fully saturated rings. The fraction of sp³-hybridized carbons (Fsp3) is 0.310. The monoisotopic (exact) mass is 547 g/mol. The van der Waals surface area contributed by atoms with E-state index in [9.17, 15) is 24.6 Å². The number of nitrogens with one attached hydrogen (secondary N) is 2. The average Bonchev–Trinajstić information content (AvgIpc) is 3.44. The Bertz CT molecular complexity index is 1600. The highest BCUT2D eigenvalue weighted by Gasteiger charge is 2.56. The Labute approximate surface area is 229 Å². The Balaban J connectivity index is 1.60. The summed E-state index contributed by atoms with van der Waals surface area (Å²) < 4.78 is 5.85. The first-order valence-corrected chi connectivity index (χ1v) is 13.9. The Kier molecular flexibility index (Phi) is 6.54. The number of phenols is 2. The van der Waals surface area contributed by atoms with Crippen LogP contribution >= 0.6 is 11.8 Å². The van der Waals surface area contributed by atoms with Crippen LogP contribution in [0, 0.1) is 6.92 Å². The second-order valence-electron chi connectivity index (χ2n) is 10.0. The second-order valence-corrected chi connectivity index (χ2v) is 11.0. The van der Waals surface area contributed by atoms with Crippen LogP contribution in [0.4, 0.5) is 0 Å². The normalized spacial score (nSPS) is 20.3. The molecular weight excluding hydrogens is 518 g/mol. The molecule has 0 spiro atoms. The number of phenolic OH excluding ortho intramolecular Hbond substituents is 2. The molecule has 2 aromatic carbocycles. The molecule has 2 aliphatic rings.